The van der Waals surface area contributed by atoms with Crippen LogP contribution in [0, 0.1) is 6.92 Å². The summed E-state index contributed by atoms with van der Waals surface area (Å²) in [4.78, 5) is 14.9. The summed E-state index contributed by atoms with van der Waals surface area (Å²) in [5, 5.41) is 3.13. The van der Waals surface area contributed by atoms with E-state index in [9.17, 15) is 13.2 Å². The molecule has 6 nitrogen and oxygen atoms in total. The monoisotopic (exact) mass is 449 g/mol. The fraction of sp³-hybridized carbons (Fsp3) is 0.409. The number of carbonyl (C=O) groups is 1. The molecule has 1 amide bonds. The summed E-state index contributed by atoms with van der Waals surface area (Å²) in [6.07, 6.45) is 0.717. The van der Waals surface area contributed by atoms with Crippen LogP contribution in [0.4, 0.5) is 0 Å². The van der Waals surface area contributed by atoms with Gasteiger partial charge in [0, 0.05) is 31.7 Å². The van der Waals surface area contributed by atoms with Crippen molar-refractivity contribution in [2.24, 2.45) is 0 Å². The van der Waals surface area contributed by atoms with Crippen molar-refractivity contribution in [3.05, 3.63) is 64.2 Å². The lowest BCUT2D eigenvalue weighted by atomic mass is 10.0. The highest BCUT2D eigenvalue weighted by atomic mass is 35.5. The van der Waals surface area contributed by atoms with Crippen LogP contribution in [0.1, 0.15) is 40.9 Å². The highest BCUT2D eigenvalue weighted by Gasteiger charge is 2.30. The van der Waals surface area contributed by atoms with Crippen molar-refractivity contribution >= 4 is 27.5 Å². The van der Waals surface area contributed by atoms with Crippen LogP contribution in [-0.2, 0) is 10.0 Å². The number of sulfonamides is 1. The number of nitrogens with one attached hydrogen (secondary N) is 1. The first-order chi connectivity index (χ1) is 14.2. The number of hydrogen-bond acceptors (Lipinski definition) is 4. The van der Waals surface area contributed by atoms with Crippen LogP contribution in [-0.4, -0.2) is 56.8 Å². The molecule has 1 aliphatic heterocycles. The highest BCUT2D eigenvalue weighted by Crippen LogP contribution is 2.27. The fourth-order valence-electron chi connectivity index (χ4n) is 3.47. The number of amides is 1. The molecule has 0 spiro atoms. The van der Waals surface area contributed by atoms with Gasteiger partial charge in [-0.2, -0.15) is 4.31 Å². The van der Waals surface area contributed by atoms with Gasteiger partial charge in [0.05, 0.1) is 11.1 Å². The van der Waals surface area contributed by atoms with E-state index in [0.29, 0.717) is 26.2 Å². The van der Waals surface area contributed by atoms with Crippen LogP contribution in [0.3, 0.4) is 0 Å². The predicted molar refractivity (Wildman–Crippen MR) is 119 cm³/mol. The van der Waals surface area contributed by atoms with E-state index in [4.69, 9.17) is 11.6 Å². The molecule has 30 heavy (non-hydrogen) atoms. The Bertz CT molecular complexity index is 1000. The van der Waals surface area contributed by atoms with E-state index in [1.807, 2.05) is 45.2 Å². The van der Waals surface area contributed by atoms with E-state index >= 15 is 0 Å². The molecule has 1 heterocycles. The van der Waals surface area contributed by atoms with E-state index in [0.717, 1.165) is 17.5 Å². The van der Waals surface area contributed by atoms with Gasteiger partial charge in [0.2, 0.25) is 10.0 Å². The number of carbonyl (C=O) groups excluding carboxylic acids is 1. The number of halogens is 1. The lowest BCUT2D eigenvalue weighted by Crippen LogP contribution is -2.47. The van der Waals surface area contributed by atoms with Crippen molar-refractivity contribution in [3.8, 4) is 0 Å². The number of hydrogen-bond donors (Lipinski definition) is 1. The van der Waals surface area contributed by atoms with Crippen LogP contribution < -0.4 is 5.32 Å². The van der Waals surface area contributed by atoms with E-state index < -0.39 is 10.0 Å². The Kier molecular flexibility index (Phi) is 7.18. The van der Waals surface area contributed by atoms with E-state index in [1.54, 1.807) is 6.07 Å². The normalized spacial score (nSPS) is 16.9. The molecule has 2 aromatic rings. The largest absolute Gasteiger partial charge is 0.345 e. The molecule has 0 radical (unpaired) electrons. The Morgan fingerprint density at radius 1 is 1.10 bits per heavy atom. The smallest absolute Gasteiger partial charge is 0.251 e. The first kappa shape index (κ1) is 22.7. The summed E-state index contributed by atoms with van der Waals surface area (Å²) in [5.74, 6) is -0.325. The number of likely N-dealkylation sites (N-methyl/N-ethyl adjacent to an activating group) is 1. The average molecular weight is 450 g/mol. The summed E-state index contributed by atoms with van der Waals surface area (Å²) in [7, 11) is -1.81. The fourth-order valence-corrected chi connectivity index (χ4v) is 5.39. The summed E-state index contributed by atoms with van der Waals surface area (Å²) >= 11 is 6.23. The van der Waals surface area contributed by atoms with Crippen molar-refractivity contribution in [1.29, 1.82) is 0 Å². The maximum Gasteiger partial charge on any atom is 0.251 e. The molecule has 8 heteroatoms. The molecule has 0 aliphatic carbocycles. The van der Waals surface area contributed by atoms with Gasteiger partial charge in [0.15, 0.2) is 0 Å². The highest BCUT2D eigenvalue weighted by molar-refractivity contribution is 7.89. The number of piperazine rings is 1. The molecule has 162 valence electrons. The summed E-state index contributed by atoms with van der Waals surface area (Å²) in [6, 6.07) is 12.3. The van der Waals surface area contributed by atoms with Crippen molar-refractivity contribution in [1.82, 2.24) is 14.5 Å². The number of benzene rings is 2. The molecule has 1 fully saturated rings. The quantitative estimate of drug-likeness (QED) is 0.733. The van der Waals surface area contributed by atoms with Gasteiger partial charge in [-0.05, 0) is 44.2 Å². The molecule has 1 aliphatic rings. The predicted octanol–water partition coefficient (Wildman–Crippen LogP) is 3.47. The van der Waals surface area contributed by atoms with Crippen molar-refractivity contribution in [2.45, 2.75) is 31.2 Å². The van der Waals surface area contributed by atoms with Gasteiger partial charge in [-0.3, -0.25) is 4.79 Å². The van der Waals surface area contributed by atoms with Crippen LogP contribution in [0.25, 0.3) is 0 Å². The Balaban J connectivity index is 1.83. The molecule has 3 rings (SSSR count). The van der Waals surface area contributed by atoms with Crippen LogP contribution in [0.5, 0.6) is 0 Å². The third-order valence-electron chi connectivity index (χ3n) is 5.47. The van der Waals surface area contributed by atoms with Crippen molar-refractivity contribution in [3.63, 3.8) is 0 Å². The second kappa shape index (κ2) is 9.47. The molecular formula is C22H28ClN3O3S. The molecule has 1 N–H and O–H groups in total. The second-order valence-electron chi connectivity index (χ2n) is 7.70. The first-order valence-electron chi connectivity index (χ1n) is 10.1. The van der Waals surface area contributed by atoms with Crippen LogP contribution in [0.2, 0.25) is 5.02 Å². The Morgan fingerprint density at radius 3 is 2.33 bits per heavy atom. The lowest BCUT2D eigenvalue weighted by Gasteiger charge is -2.31. The molecule has 0 bridgehead atoms. The van der Waals surface area contributed by atoms with Crippen LogP contribution in [0.15, 0.2) is 47.4 Å². The second-order valence-corrected chi connectivity index (χ2v) is 10.0. The summed E-state index contributed by atoms with van der Waals surface area (Å²) < 4.78 is 27.7. The summed E-state index contributed by atoms with van der Waals surface area (Å²) in [5.41, 5.74) is 2.43. The van der Waals surface area contributed by atoms with Gasteiger partial charge in [0.25, 0.3) is 5.91 Å². The first-order valence-corrected chi connectivity index (χ1v) is 11.9. The Labute approximate surface area is 183 Å². The van der Waals surface area contributed by atoms with E-state index in [-0.39, 0.29) is 27.4 Å². The van der Waals surface area contributed by atoms with Gasteiger partial charge in [-0.25, -0.2) is 8.42 Å². The number of aryl methyl sites for hydroxylation is 1. The summed E-state index contributed by atoms with van der Waals surface area (Å²) in [6.45, 7) is 6.13. The molecular weight excluding hydrogens is 422 g/mol. The number of rotatable bonds is 6. The zero-order chi connectivity index (χ0) is 21.9. The number of nitrogens with zero attached hydrogens (tertiary/aromatic N) is 2. The zero-order valence-corrected chi connectivity index (χ0v) is 19.1. The zero-order valence-electron chi connectivity index (χ0n) is 17.6. The molecule has 1 saturated heterocycles. The third-order valence-corrected chi connectivity index (χ3v) is 7.85. The van der Waals surface area contributed by atoms with E-state index in [2.05, 4.69) is 10.2 Å². The molecule has 1 atom stereocenters. The van der Waals surface area contributed by atoms with Crippen LogP contribution >= 0.6 is 11.6 Å². The molecule has 2 aromatic carbocycles. The van der Waals surface area contributed by atoms with Crippen molar-refractivity contribution < 1.29 is 13.2 Å². The molecule has 0 saturated carbocycles. The van der Waals surface area contributed by atoms with Gasteiger partial charge in [-0.1, -0.05) is 48.4 Å². The van der Waals surface area contributed by atoms with Gasteiger partial charge >= 0.3 is 0 Å². The Morgan fingerprint density at radius 2 is 1.73 bits per heavy atom. The van der Waals surface area contributed by atoms with Gasteiger partial charge in [-0.15, -0.1) is 0 Å². The standard InChI is InChI=1S/C22H28ClN3O3S/c1-4-20(17-7-5-16(2)6-8-17)24-22(27)18-9-10-19(23)21(15-18)30(28,29)26-13-11-25(3)12-14-26/h5-10,15,20H,4,11-14H2,1-3H3,(H,24,27)/t20-/m0/s1. The van der Waals surface area contributed by atoms with E-state index in [1.165, 1.54) is 16.4 Å². The minimum absolute atomic E-state index is 0.0234. The topological polar surface area (TPSA) is 69.7 Å². The Hall–Kier alpha value is -1.93. The maximum absolute atomic E-state index is 13.1. The third kappa shape index (κ3) is 5.03. The van der Waals surface area contributed by atoms with Gasteiger partial charge in [0.1, 0.15) is 4.90 Å². The minimum atomic E-state index is -3.77. The minimum Gasteiger partial charge on any atom is -0.345 e. The average Bonchev–Trinajstić information content (AvgIpc) is 2.73. The lowest BCUT2D eigenvalue weighted by molar-refractivity contribution is 0.0935. The maximum atomic E-state index is 13.1. The SMILES string of the molecule is CC[C@H](NC(=O)c1ccc(Cl)c(S(=O)(=O)N2CCN(C)CC2)c1)c1ccc(C)cc1. The van der Waals surface area contributed by atoms with Gasteiger partial charge < -0.3 is 10.2 Å². The molecule has 0 aromatic heterocycles. The van der Waals surface area contributed by atoms with Crippen molar-refractivity contribution in [2.75, 3.05) is 33.2 Å². The molecule has 0 unspecified atom stereocenters.